The average molecular weight is 447 g/mol. The van der Waals surface area contributed by atoms with Crippen LogP contribution in [0, 0.1) is 10.1 Å². The molecular weight excluding hydrogens is 430 g/mol. The fourth-order valence-corrected chi connectivity index (χ4v) is 4.36. The number of ether oxygens (including phenoxy) is 2. The number of esters is 1. The molecule has 0 aliphatic rings. The number of thiophene rings is 1. The molecule has 0 radical (unpaired) electrons. The van der Waals surface area contributed by atoms with E-state index in [1.54, 1.807) is 42.9 Å². The molecule has 1 aromatic carbocycles. The van der Waals surface area contributed by atoms with Gasteiger partial charge in [-0.25, -0.2) is 0 Å². The molecule has 3 aromatic rings. The fraction of sp³-hybridized carbons (Fsp3) is 0.211. The second-order valence-electron chi connectivity index (χ2n) is 5.83. The summed E-state index contributed by atoms with van der Waals surface area (Å²) in [6.45, 7) is 1.87. The first-order valence-corrected chi connectivity index (χ1v) is 10.4. The molecule has 0 bridgehead atoms. The van der Waals surface area contributed by atoms with Crippen LogP contribution in [0.1, 0.15) is 11.8 Å². The van der Waals surface area contributed by atoms with Crippen LogP contribution in [-0.2, 0) is 20.9 Å². The minimum atomic E-state index is -0.554. The van der Waals surface area contributed by atoms with E-state index in [2.05, 4.69) is 4.99 Å². The quantitative estimate of drug-likeness (QED) is 0.237. The van der Waals surface area contributed by atoms with Crippen LogP contribution in [0.4, 0.5) is 5.00 Å². The van der Waals surface area contributed by atoms with Crippen molar-refractivity contribution in [2.75, 3.05) is 13.7 Å². The fourth-order valence-electron chi connectivity index (χ4n) is 2.57. The summed E-state index contributed by atoms with van der Waals surface area (Å²) in [6.07, 6.45) is 2.70. The number of nitrogens with zero attached hydrogens (tertiary/aromatic N) is 3. The van der Waals surface area contributed by atoms with Crippen LogP contribution in [-0.4, -0.2) is 35.1 Å². The Bertz CT molecular complexity index is 1200. The van der Waals surface area contributed by atoms with Crippen LogP contribution in [0.3, 0.4) is 0 Å². The lowest BCUT2D eigenvalue weighted by Crippen LogP contribution is -2.22. The molecule has 2 aromatic heterocycles. The van der Waals surface area contributed by atoms with Gasteiger partial charge in [0.25, 0.3) is 5.91 Å². The summed E-state index contributed by atoms with van der Waals surface area (Å²) in [5.41, 5.74) is 0.721. The van der Waals surface area contributed by atoms with E-state index in [9.17, 15) is 19.7 Å². The Labute approximate surface area is 178 Å². The highest BCUT2D eigenvalue weighted by Crippen LogP contribution is 2.25. The van der Waals surface area contributed by atoms with Gasteiger partial charge >= 0.3 is 11.0 Å². The van der Waals surface area contributed by atoms with Crippen LogP contribution in [0.25, 0.3) is 16.3 Å². The minimum Gasteiger partial charge on any atom is -0.497 e. The summed E-state index contributed by atoms with van der Waals surface area (Å²) >= 11 is 2.20. The lowest BCUT2D eigenvalue weighted by atomic mass is 10.3. The van der Waals surface area contributed by atoms with Crippen molar-refractivity contribution in [2.45, 2.75) is 13.5 Å². The van der Waals surface area contributed by atoms with Crippen molar-refractivity contribution in [1.82, 2.24) is 4.57 Å². The summed E-state index contributed by atoms with van der Waals surface area (Å²) in [7, 11) is 1.55. The molecule has 0 spiro atoms. The Balaban J connectivity index is 1.95. The first-order valence-electron chi connectivity index (χ1n) is 8.75. The highest BCUT2D eigenvalue weighted by Gasteiger charge is 2.13. The molecule has 30 heavy (non-hydrogen) atoms. The molecular formula is C19H17N3O6S2. The van der Waals surface area contributed by atoms with Crippen molar-refractivity contribution >= 4 is 55.8 Å². The Kier molecular flexibility index (Phi) is 6.75. The normalized spacial score (nSPS) is 11.9. The number of hydrogen-bond acceptors (Lipinski definition) is 8. The summed E-state index contributed by atoms with van der Waals surface area (Å²) in [6, 6.07) is 8.27. The molecule has 3 rings (SSSR count). The van der Waals surface area contributed by atoms with Gasteiger partial charge in [0, 0.05) is 17.0 Å². The van der Waals surface area contributed by atoms with Crippen LogP contribution in [0.15, 0.2) is 41.4 Å². The molecule has 0 aliphatic carbocycles. The van der Waals surface area contributed by atoms with Crippen molar-refractivity contribution in [1.29, 1.82) is 0 Å². The van der Waals surface area contributed by atoms with Gasteiger partial charge in [-0.3, -0.25) is 19.7 Å². The zero-order valence-corrected chi connectivity index (χ0v) is 17.7. The number of thiazole rings is 1. The molecule has 0 atom stereocenters. The Morgan fingerprint density at radius 1 is 1.27 bits per heavy atom. The number of benzene rings is 1. The number of nitro groups is 1. The first-order chi connectivity index (χ1) is 14.4. The predicted octanol–water partition coefficient (Wildman–Crippen LogP) is 3.38. The molecule has 0 saturated heterocycles. The summed E-state index contributed by atoms with van der Waals surface area (Å²) in [5, 5.41) is 10.7. The average Bonchev–Trinajstić information content (AvgIpc) is 3.31. The van der Waals surface area contributed by atoms with Crippen molar-refractivity contribution in [2.24, 2.45) is 4.99 Å². The second-order valence-corrected chi connectivity index (χ2v) is 7.93. The zero-order chi connectivity index (χ0) is 21.7. The maximum atomic E-state index is 12.4. The first kappa shape index (κ1) is 21.4. The summed E-state index contributed by atoms with van der Waals surface area (Å²) in [4.78, 5) is 39.6. The van der Waals surface area contributed by atoms with Gasteiger partial charge in [-0.15, -0.1) is 0 Å². The lowest BCUT2D eigenvalue weighted by molar-refractivity contribution is -0.380. The van der Waals surface area contributed by atoms with E-state index >= 15 is 0 Å². The van der Waals surface area contributed by atoms with Crippen molar-refractivity contribution in [3.8, 4) is 5.75 Å². The number of fused-ring (bicyclic) bond motifs is 1. The number of rotatable bonds is 7. The van der Waals surface area contributed by atoms with E-state index in [-0.39, 0.29) is 18.2 Å². The topological polar surface area (TPSA) is 113 Å². The monoisotopic (exact) mass is 447 g/mol. The highest BCUT2D eigenvalue weighted by molar-refractivity contribution is 7.16. The van der Waals surface area contributed by atoms with Crippen LogP contribution in [0.5, 0.6) is 5.75 Å². The third-order valence-electron chi connectivity index (χ3n) is 3.87. The third-order valence-corrected chi connectivity index (χ3v) is 5.91. The molecule has 0 fully saturated rings. The van der Waals surface area contributed by atoms with Gasteiger partial charge in [-0.2, -0.15) is 4.99 Å². The van der Waals surface area contributed by atoms with Crippen molar-refractivity contribution in [3.63, 3.8) is 0 Å². The molecule has 0 saturated carbocycles. The SMILES string of the molecule is CCOC(=O)Cn1c(=NC(=O)C=Cc2ccc([N+](=O)[O-])s2)sc2cc(OC)ccc21. The van der Waals surface area contributed by atoms with Gasteiger partial charge in [0.05, 0.1) is 28.9 Å². The maximum Gasteiger partial charge on any atom is 0.326 e. The van der Waals surface area contributed by atoms with Gasteiger partial charge < -0.3 is 14.0 Å². The molecule has 11 heteroatoms. The highest BCUT2D eigenvalue weighted by atomic mass is 32.1. The number of methoxy groups -OCH3 is 1. The number of carbonyl (C=O) groups is 2. The minimum absolute atomic E-state index is 0.00947. The number of amides is 1. The molecule has 1 amide bonds. The molecule has 9 nitrogen and oxygen atoms in total. The van der Waals surface area contributed by atoms with E-state index in [0.717, 1.165) is 21.6 Å². The maximum absolute atomic E-state index is 12.4. The number of hydrogen-bond donors (Lipinski definition) is 0. The van der Waals surface area contributed by atoms with Gasteiger partial charge in [-0.05, 0) is 37.3 Å². The van der Waals surface area contributed by atoms with Gasteiger partial charge in [0.2, 0.25) is 0 Å². The predicted molar refractivity (Wildman–Crippen MR) is 114 cm³/mol. The smallest absolute Gasteiger partial charge is 0.326 e. The molecule has 156 valence electrons. The summed E-state index contributed by atoms with van der Waals surface area (Å²) in [5.74, 6) is -0.352. The Hall–Kier alpha value is -3.31. The third kappa shape index (κ3) is 4.99. The van der Waals surface area contributed by atoms with E-state index in [1.165, 1.54) is 29.6 Å². The lowest BCUT2D eigenvalue weighted by Gasteiger charge is -2.05. The zero-order valence-electron chi connectivity index (χ0n) is 16.1. The molecule has 0 unspecified atom stereocenters. The molecule has 2 heterocycles. The Morgan fingerprint density at radius 2 is 2.07 bits per heavy atom. The largest absolute Gasteiger partial charge is 0.497 e. The van der Waals surface area contributed by atoms with Gasteiger partial charge in [0.15, 0.2) is 4.80 Å². The van der Waals surface area contributed by atoms with E-state index < -0.39 is 16.8 Å². The standard InChI is InChI=1S/C19H17N3O6S2/c1-3-28-18(24)11-21-14-7-4-12(27-2)10-15(14)30-19(21)20-16(23)8-5-13-6-9-17(29-13)22(25)26/h4-10H,3,11H2,1-2H3. The van der Waals surface area contributed by atoms with Crippen LogP contribution >= 0.6 is 22.7 Å². The van der Waals surface area contributed by atoms with Gasteiger partial charge in [-0.1, -0.05) is 22.7 Å². The van der Waals surface area contributed by atoms with E-state index in [0.29, 0.717) is 15.4 Å². The van der Waals surface area contributed by atoms with Gasteiger partial charge in [0.1, 0.15) is 12.3 Å². The number of carbonyl (C=O) groups excluding carboxylic acids is 2. The summed E-state index contributed by atoms with van der Waals surface area (Å²) < 4.78 is 12.7. The van der Waals surface area contributed by atoms with E-state index in [1.807, 2.05) is 0 Å². The molecule has 0 aliphatic heterocycles. The number of aromatic nitrogens is 1. The molecule has 0 N–H and O–H groups in total. The van der Waals surface area contributed by atoms with Crippen molar-refractivity contribution < 1.29 is 24.0 Å². The second kappa shape index (κ2) is 9.46. The van der Waals surface area contributed by atoms with Crippen LogP contribution < -0.4 is 9.54 Å². The Morgan fingerprint density at radius 3 is 2.73 bits per heavy atom. The van der Waals surface area contributed by atoms with Crippen molar-refractivity contribution in [3.05, 3.63) is 56.2 Å². The van der Waals surface area contributed by atoms with Crippen LogP contribution in [0.2, 0.25) is 0 Å². The van der Waals surface area contributed by atoms with E-state index in [4.69, 9.17) is 9.47 Å².